The van der Waals surface area contributed by atoms with Crippen LogP contribution in [0.2, 0.25) is 0 Å². The monoisotopic (exact) mass is 384 g/mol. The number of alkyl halides is 3. The van der Waals surface area contributed by atoms with E-state index in [9.17, 15) is 0 Å². The third kappa shape index (κ3) is 3.43. The Hall–Kier alpha value is 1.75. The van der Waals surface area contributed by atoms with E-state index in [1.165, 1.54) is 25.7 Å². The van der Waals surface area contributed by atoms with E-state index in [1.54, 1.807) is 0 Å². The zero-order valence-electron chi connectivity index (χ0n) is 5.69. The minimum Gasteiger partial charge on any atom is -0.123 e. The van der Waals surface area contributed by atoms with E-state index in [0.717, 1.165) is 7.85 Å². The van der Waals surface area contributed by atoms with Crippen molar-refractivity contribution in [2.24, 2.45) is 0 Å². The third-order valence-electron chi connectivity index (χ3n) is 1.82. The predicted molar refractivity (Wildman–Crippen MR) is 63.7 cm³/mol. The Bertz CT molecular complexity index is 95.8. The second kappa shape index (κ2) is 4.70. The van der Waals surface area contributed by atoms with E-state index in [0.29, 0.717) is 5.38 Å². The van der Waals surface area contributed by atoms with Crippen LogP contribution in [0, 0.1) is 0 Å². The van der Waals surface area contributed by atoms with Crippen LogP contribution in [0.15, 0.2) is 0 Å². The van der Waals surface area contributed by atoms with E-state index in [4.69, 9.17) is 11.6 Å². The van der Waals surface area contributed by atoms with Crippen molar-refractivity contribution < 1.29 is 0 Å². The Labute approximate surface area is 94.8 Å². The molecule has 0 spiro atoms. The van der Waals surface area contributed by atoms with E-state index >= 15 is 0 Å². The molecule has 0 nitrogen and oxygen atoms in total. The molecule has 60 valence electrons. The van der Waals surface area contributed by atoms with Crippen LogP contribution in [0.4, 0.5) is 0 Å². The van der Waals surface area contributed by atoms with Gasteiger partial charge in [0.05, 0.1) is 0 Å². The van der Waals surface area contributed by atoms with Crippen LogP contribution in [-0.2, 0) is 0 Å². The lowest BCUT2D eigenvalue weighted by Crippen LogP contribution is -2.04. The zero-order valence-corrected chi connectivity index (χ0v) is 10.8. The molecule has 0 radical (unpaired) electrons. The van der Waals surface area contributed by atoms with Gasteiger partial charge in [-0.25, -0.2) is 0 Å². The van der Waals surface area contributed by atoms with E-state index in [-0.39, 0.29) is 0 Å². The van der Waals surface area contributed by atoms with Gasteiger partial charge in [-0.05, 0) is 25.7 Å². The molecule has 0 aromatic carbocycles. The van der Waals surface area contributed by atoms with Gasteiger partial charge in [-0.1, -0.05) is 45.2 Å². The smallest absolute Gasteiger partial charge is 0.0346 e. The van der Waals surface area contributed by atoms with Crippen LogP contribution in [0.25, 0.3) is 0 Å². The molecule has 1 aliphatic carbocycles. The summed E-state index contributed by atoms with van der Waals surface area (Å²) in [6.45, 7) is 0. The summed E-state index contributed by atoms with van der Waals surface area (Å²) in [5.74, 6) is 0. The lowest BCUT2D eigenvalue weighted by molar-refractivity contribution is 0.726. The molecule has 1 saturated carbocycles. The van der Waals surface area contributed by atoms with Crippen molar-refractivity contribution in [1.82, 2.24) is 0 Å². The topological polar surface area (TPSA) is 0 Å². The lowest BCUT2D eigenvalue weighted by Gasteiger charge is -2.08. The van der Waals surface area contributed by atoms with Crippen LogP contribution in [0.3, 0.4) is 0 Å². The molecule has 0 amide bonds. The summed E-state index contributed by atoms with van der Waals surface area (Å²) in [5, 5.41) is 0.446. The summed E-state index contributed by atoms with van der Waals surface area (Å²) in [5.41, 5.74) is 0. The number of hydrogen-bond acceptors (Lipinski definition) is 0. The highest BCUT2D eigenvalue weighted by molar-refractivity contribution is 14.1. The van der Waals surface area contributed by atoms with E-state index in [1.807, 2.05) is 0 Å². The summed E-state index contributed by atoms with van der Waals surface area (Å²) >= 11 is 11.1. The SMILES string of the molecule is ClC1CCC(I)CC(I)C1. The van der Waals surface area contributed by atoms with Gasteiger partial charge in [-0.3, -0.25) is 0 Å². The largest absolute Gasteiger partial charge is 0.123 e. The summed E-state index contributed by atoms with van der Waals surface area (Å²) in [6.07, 6.45) is 5.09. The standard InChI is InChI=1S/C7H11ClI2/c8-5-1-2-6(9)4-7(10)3-5/h5-7H,1-4H2. The van der Waals surface area contributed by atoms with Gasteiger partial charge < -0.3 is 0 Å². The van der Waals surface area contributed by atoms with Crippen molar-refractivity contribution >= 4 is 56.8 Å². The quantitative estimate of drug-likeness (QED) is 0.339. The average molecular weight is 384 g/mol. The number of hydrogen-bond donors (Lipinski definition) is 0. The highest BCUT2D eigenvalue weighted by Crippen LogP contribution is 2.30. The summed E-state index contributed by atoms with van der Waals surface area (Å²) in [7, 11) is 0. The summed E-state index contributed by atoms with van der Waals surface area (Å²) in [6, 6.07) is 0. The zero-order chi connectivity index (χ0) is 7.56. The molecule has 1 fully saturated rings. The highest BCUT2D eigenvalue weighted by atomic mass is 127. The first-order chi connectivity index (χ1) is 4.68. The Morgan fingerprint density at radius 2 is 1.70 bits per heavy atom. The fourth-order valence-corrected chi connectivity index (χ4v) is 5.06. The molecule has 0 aromatic rings. The van der Waals surface area contributed by atoms with Gasteiger partial charge in [0.15, 0.2) is 0 Å². The summed E-state index contributed by atoms with van der Waals surface area (Å²) < 4.78 is 1.67. The molecule has 3 atom stereocenters. The van der Waals surface area contributed by atoms with Crippen molar-refractivity contribution in [3.05, 3.63) is 0 Å². The molecule has 0 saturated heterocycles. The molecule has 0 N–H and O–H groups in total. The second-order valence-corrected chi connectivity index (χ2v) is 6.98. The maximum atomic E-state index is 6.07. The van der Waals surface area contributed by atoms with E-state index in [2.05, 4.69) is 45.2 Å². The van der Waals surface area contributed by atoms with Crippen LogP contribution in [0.5, 0.6) is 0 Å². The Morgan fingerprint density at radius 3 is 2.40 bits per heavy atom. The Balaban J connectivity index is 2.38. The van der Waals surface area contributed by atoms with Gasteiger partial charge in [0.2, 0.25) is 0 Å². The Morgan fingerprint density at radius 1 is 1.00 bits per heavy atom. The predicted octanol–water partition coefficient (Wildman–Crippen LogP) is 3.78. The number of rotatable bonds is 0. The van der Waals surface area contributed by atoms with Crippen molar-refractivity contribution in [1.29, 1.82) is 0 Å². The first-order valence-corrected chi connectivity index (χ1v) is 6.53. The summed E-state index contributed by atoms with van der Waals surface area (Å²) in [4.78, 5) is 0. The van der Waals surface area contributed by atoms with Crippen LogP contribution < -0.4 is 0 Å². The third-order valence-corrected chi connectivity index (χ3v) is 4.36. The van der Waals surface area contributed by atoms with Gasteiger partial charge in [0.1, 0.15) is 0 Å². The first kappa shape index (κ1) is 9.84. The normalized spacial score (nSPS) is 42.9. The highest BCUT2D eigenvalue weighted by Gasteiger charge is 2.20. The van der Waals surface area contributed by atoms with Gasteiger partial charge in [-0.2, -0.15) is 0 Å². The molecular formula is C7H11ClI2. The molecule has 1 aliphatic rings. The van der Waals surface area contributed by atoms with Crippen molar-refractivity contribution in [3.63, 3.8) is 0 Å². The van der Waals surface area contributed by atoms with Gasteiger partial charge in [0.25, 0.3) is 0 Å². The molecular weight excluding hydrogens is 373 g/mol. The fourth-order valence-electron chi connectivity index (χ4n) is 1.25. The van der Waals surface area contributed by atoms with Crippen LogP contribution in [-0.4, -0.2) is 13.2 Å². The molecule has 0 aliphatic heterocycles. The molecule has 10 heavy (non-hydrogen) atoms. The fraction of sp³-hybridized carbons (Fsp3) is 1.00. The van der Waals surface area contributed by atoms with Gasteiger partial charge in [-0.15, -0.1) is 11.6 Å². The number of halogens is 3. The molecule has 0 bridgehead atoms. The maximum absolute atomic E-state index is 6.07. The molecule has 3 heteroatoms. The minimum atomic E-state index is 0.446. The van der Waals surface area contributed by atoms with Crippen molar-refractivity contribution in [2.75, 3.05) is 0 Å². The first-order valence-electron chi connectivity index (χ1n) is 3.60. The second-order valence-electron chi connectivity index (χ2n) is 2.84. The van der Waals surface area contributed by atoms with Crippen molar-refractivity contribution in [3.8, 4) is 0 Å². The molecule has 0 heterocycles. The van der Waals surface area contributed by atoms with Gasteiger partial charge >= 0.3 is 0 Å². The van der Waals surface area contributed by atoms with Gasteiger partial charge in [0, 0.05) is 13.2 Å². The van der Waals surface area contributed by atoms with Crippen LogP contribution >= 0.6 is 56.8 Å². The average Bonchev–Trinajstić information content (AvgIpc) is 1.93. The lowest BCUT2D eigenvalue weighted by atomic mass is 10.2. The van der Waals surface area contributed by atoms with E-state index < -0.39 is 0 Å². The molecule has 1 rings (SSSR count). The molecule has 0 aromatic heterocycles. The van der Waals surface area contributed by atoms with Crippen molar-refractivity contribution in [2.45, 2.75) is 38.9 Å². The molecule has 3 unspecified atom stereocenters. The minimum absolute atomic E-state index is 0.446. The maximum Gasteiger partial charge on any atom is 0.0346 e. The van der Waals surface area contributed by atoms with Crippen LogP contribution in [0.1, 0.15) is 25.7 Å². The Kier molecular flexibility index (Phi) is 4.62.